The van der Waals surface area contributed by atoms with Gasteiger partial charge in [-0.2, -0.15) is 0 Å². The number of hydrogen-bond donors (Lipinski definition) is 1. The minimum Gasteiger partial charge on any atom is -0.481 e. The molecule has 2 unspecified atom stereocenters. The first-order chi connectivity index (χ1) is 7.75. The summed E-state index contributed by atoms with van der Waals surface area (Å²) >= 11 is 0. The summed E-state index contributed by atoms with van der Waals surface area (Å²) in [6.07, 6.45) is 5.58. The molecule has 0 spiro atoms. The molecular weight excluding hydrogens is 208 g/mol. The van der Waals surface area contributed by atoms with E-state index in [1.807, 2.05) is 0 Å². The maximum atomic E-state index is 11.1. The number of hydrogen-bond acceptors (Lipinski definition) is 3. The van der Waals surface area contributed by atoms with Gasteiger partial charge in [0.25, 0.3) is 0 Å². The van der Waals surface area contributed by atoms with Gasteiger partial charge in [-0.25, -0.2) is 0 Å². The van der Waals surface area contributed by atoms with Crippen LogP contribution in [0, 0.1) is 5.92 Å². The lowest BCUT2D eigenvalue weighted by molar-refractivity contribution is -0.148. The van der Waals surface area contributed by atoms with Crippen LogP contribution >= 0.6 is 0 Å². The van der Waals surface area contributed by atoms with E-state index in [2.05, 4.69) is 0 Å². The van der Waals surface area contributed by atoms with Gasteiger partial charge >= 0.3 is 5.97 Å². The van der Waals surface area contributed by atoms with Crippen LogP contribution in [0.25, 0.3) is 0 Å². The van der Waals surface area contributed by atoms with E-state index in [0.717, 1.165) is 38.5 Å². The molecule has 0 aromatic heterocycles. The standard InChI is InChI=1S/C12H22O4/c1-15-8-5-9-16-11-7-4-2-3-6-10(11)12(13)14/h10-11H,2-9H2,1H3,(H,13,14). The molecule has 1 saturated carbocycles. The van der Waals surface area contributed by atoms with Crippen LogP contribution in [-0.2, 0) is 14.3 Å². The van der Waals surface area contributed by atoms with Crippen LogP contribution in [0.5, 0.6) is 0 Å². The van der Waals surface area contributed by atoms with E-state index >= 15 is 0 Å². The number of carbonyl (C=O) groups is 1. The Morgan fingerprint density at radius 1 is 1.25 bits per heavy atom. The highest BCUT2D eigenvalue weighted by Gasteiger charge is 2.29. The highest BCUT2D eigenvalue weighted by atomic mass is 16.5. The first kappa shape index (κ1) is 13.5. The number of carboxylic acid groups (broad SMARTS) is 1. The minimum absolute atomic E-state index is 0.100. The van der Waals surface area contributed by atoms with Crippen molar-refractivity contribution in [2.45, 2.75) is 44.6 Å². The molecule has 0 amide bonds. The molecule has 0 aromatic carbocycles. The van der Waals surface area contributed by atoms with Crippen LogP contribution in [-0.4, -0.2) is 37.5 Å². The number of carboxylic acids is 1. The maximum Gasteiger partial charge on any atom is 0.309 e. The Hall–Kier alpha value is -0.610. The quantitative estimate of drug-likeness (QED) is 0.560. The third-order valence-corrected chi connectivity index (χ3v) is 3.09. The van der Waals surface area contributed by atoms with Gasteiger partial charge in [-0.1, -0.05) is 19.3 Å². The first-order valence-corrected chi connectivity index (χ1v) is 6.09. The molecule has 1 fully saturated rings. The van der Waals surface area contributed by atoms with Crippen molar-refractivity contribution in [1.29, 1.82) is 0 Å². The molecule has 1 aliphatic carbocycles. The Balaban J connectivity index is 2.35. The monoisotopic (exact) mass is 230 g/mol. The summed E-state index contributed by atoms with van der Waals surface area (Å²) in [7, 11) is 1.66. The summed E-state index contributed by atoms with van der Waals surface area (Å²) in [5.74, 6) is -1.02. The van der Waals surface area contributed by atoms with Crippen LogP contribution in [0.1, 0.15) is 38.5 Å². The van der Waals surface area contributed by atoms with Crippen molar-refractivity contribution in [1.82, 2.24) is 0 Å². The second-order valence-electron chi connectivity index (χ2n) is 4.34. The molecule has 0 heterocycles. The Bertz CT molecular complexity index is 205. The van der Waals surface area contributed by atoms with E-state index in [-0.39, 0.29) is 12.0 Å². The van der Waals surface area contributed by atoms with Crippen molar-refractivity contribution in [3.63, 3.8) is 0 Å². The van der Waals surface area contributed by atoms with E-state index < -0.39 is 5.97 Å². The highest BCUT2D eigenvalue weighted by Crippen LogP contribution is 2.26. The first-order valence-electron chi connectivity index (χ1n) is 6.09. The average Bonchev–Trinajstić information content (AvgIpc) is 2.49. The van der Waals surface area contributed by atoms with E-state index in [1.165, 1.54) is 0 Å². The Morgan fingerprint density at radius 3 is 2.69 bits per heavy atom. The normalized spacial score (nSPS) is 26.3. The largest absolute Gasteiger partial charge is 0.481 e. The molecule has 1 rings (SSSR count). The lowest BCUT2D eigenvalue weighted by Gasteiger charge is -2.21. The lowest BCUT2D eigenvalue weighted by atomic mass is 9.97. The second kappa shape index (κ2) is 7.63. The van der Waals surface area contributed by atoms with Gasteiger partial charge in [0.1, 0.15) is 0 Å². The van der Waals surface area contributed by atoms with E-state index in [9.17, 15) is 4.79 Å². The van der Waals surface area contributed by atoms with Gasteiger partial charge in [0.2, 0.25) is 0 Å². The summed E-state index contributed by atoms with van der Waals surface area (Å²) in [6, 6.07) is 0. The minimum atomic E-state index is -0.710. The number of aliphatic carboxylic acids is 1. The Morgan fingerprint density at radius 2 is 2.00 bits per heavy atom. The van der Waals surface area contributed by atoms with Gasteiger partial charge in [-0.05, 0) is 19.3 Å². The van der Waals surface area contributed by atoms with Crippen molar-refractivity contribution in [3.05, 3.63) is 0 Å². The molecule has 16 heavy (non-hydrogen) atoms. The molecule has 0 aliphatic heterocycles. The third-order valence-electron chi connectivity index (χ3n) is 3.09. The molecule has 1 N–H and O–H groups in total. The van der Waals surface area contributed by atoms with Gasteiger partial charge in [0, 0.05) is 20.3 Å². The van der Waals surface area contributed by atoms with Crippen LogP contribution in [0.15, 0.2) is 0 Å². The number of ether oxygens (including phenoxy) is 2. The van der Waals surface area contributed by atoms with Crippen LogP contribution < -0.4 is 0 Å². The summed E-state index contributed by atoms with van der Waals surface area (Å²) in [6.45, 7) is 1.27. The average molecular weight is 230 g/mol. The molecule has 4 heteroatoms. The molecule has 0 saturated heterocycles. The van der Waals surface area contributed by atoms with Crippen molar-refractivity contribution >= 4 is 5.97 Å². The van der Waals surface area contributed by atoms with Crippen LogP contribution in [0.2, 0.25) is 0 Å². The summed E-state index contributed by atoms with van der Waals surface area (Å²) < 4.78 is 10.6. The maximum absolute atomic E-state index is 11.1. The Kier molecular flexibility index (Phi) is 6.42. The van der Waals surface area contributed by atoms with Gasteiger partial charge in [-0.3, -0.25) is 4.79 Å². The molecule has 2 atom stereocenters. The molecular formula is C12H22O4. The number of methoxy groups -OCH3 is 1. The zero-order chi connectivity index (χ0) is 11.8. The SMILES string of the molecule is COCCCOC1CCCCCC1C(=O)O. The van der Waals surface area contributed by atoms with Gasteiger partial charge < -0.3 is 14.6 Å². The van der Waals surface area contributed by atoms with E-state index in [1.54, 1.807) is 7.11 Å². The smallest absolute Gasteiger partial charge is 0.309 e. The van der Waals surface area contributed by atoms with E-state index in [0.29, 0.717) is 13.2 Å². The van der Waals surface area contributed by atoms with Crippen molar-refractivity contribution in [3.8, 4) is 0 Å². The molecule has 0 bridgehead atoms. The summed E-state index contributed by atoms with van der Waals surface area (Å²) in [5.41, 5.74) is 0. The number of rotatable bonds is 6. The highest BCUT2D eigenvalue weighted by molar-refractivity contribution is 5.70. The molecule has 4 nitrogen and oxygen atoms in total. The van der Waals surface area contributed by atoms with Gasteiger partial charge in [-0.15, -0.1) is 0 Å². The van der Waals surface area contributed by atoms with Gasteiger partial charge in [0.05, 0.1) is 12.0 Å². The summed E-state index contributed by atoms with van der Waals surface area (Å²) in [5, 5.41) is 9.13. The van der Waals surface area contributed by atoms with E-state index in [4.69, 9.17) is 14.6 Å². The molecule has 94 valence electrons. The zero-order valence-corrected chi connectivity index (χ0v) is 9.98. The van der Waals surface area contributed by atoms with Crippen LogP contribution in [0.3, 0.4) is 0 Å². The lowest BCUT2D eigenvalue weighted by Crippen LogP contribution is -2.30. The fourth-order valence-corrected chi connectivity index (χ4v) is 2.19. The van der Waals surface area contributed by atoms with Gasteiger partial charge in [0.15, 0.2) is 0 Å². The second-order valence-corrected chi connectivity index (χ2v) is 4.34. The molecule has 1 aliphatic rings. The topological polar surface area (TPSA) is 55.8 Å². The fourth-order valence-electron chi connectivity index (χ4n) is 2.19. The summed E-state index contributed by atoms with van der Waals surface area (Å²) in [4.78, 5) is 11.1. The zero-order valence-electron chi connectivity index (χ0n) is 9.98. The van der Waals surface area contributed by atoms with Crippen LogP contribution in [0.4, 0.5) is 0 Å². The Labute approximate surface area is 96.9 Å². The molecule has 0 aromatic rings. The third kappa shape index (κ3) is 4.49. The van der Waals surface area contributed by atoms with Crippen molar-refractivity contribution in [2.75, 3.05) is 20.3 Å². The van der Waals surface area contributed by atoms with Crippen molar-refractivity contribution in [2.24, 2.45) is 5.92 Å². The molecule has 0 radical (unpaired) electrons. The predicted molar refractivity (Wildman–Crippen MR) is 60.4 cm³/mol. The van der Waals surface area contributed by atoms with Crippen molar-refractivity contribution < 1.29 is 19.4 Å². The fraction of sp³-hybridized carbons (Fsp3) is 0.917. The predicted octanol–water partition coefficient (Wildman–Crippen LogP) is 2.07.